The molecule has 1 atom stereocenters. The Labute approximate surface area is 179 Å². The van der Waals surface area contributed by atoms with Crippen molar-refractivity contribution in [1.29, 1.82) is 0 Å². The highest BCUT2D eigenvalue weighted by Gasteiger charge is 2.40. The van der Waals surface area contributed by atoms with Gasteiger partial charge in [-0.15, -0.1) is 0 Å². The van der Waals surface area contributed by atoms with Gasteiger partial charge in [-0.05, 0) is 50.5 Å². The van der Waals surface area contributed by atoms with Crippen LogP contribution < -0.4 is 15.4 Å². The normalized spacial score (nSPS) is 20.9. The van der Waals surface area contributed by atoms with Gasteiger partial charge in [-0.3, -0.25) is 4.90 Å². The van der Waals surface area contributed by atoms with Gasteiger partial charge in [0.2, 0.25) is 0 Å². The molecule has 0 unspecified atom stereocenters. The molecule has 2 aliphatic rings. The zero-order valence-electron chi connectivity index (χ0n) is 18.3. The third-order valence-electron chi connectivity index (χ3n) is 6.19. The van der Waals surface area contributed by atoms with E-state index in [9.17, 15) is 0 Å². The van der Waals surface area contributed by atoms with Gasteiger partial charge in [-0.1, -0.05) is 0 Å². The van der Waals surface area contributed by atoms with Crippen molar-refractivity contribution in [3.63, 3.8) is 0 Å². The smallest absolute Gasteiger partial charge is 0.132 e. The molecule has 0 bridgehead atoms. The van der Waals surface area contributed by atoms with E-state index in [0.717, 1.165) is 74.1 Å². The van der Waals surface area contributed by atoms with Crippen molar-refractivity contribution in [2.75, 3.05) is 50.5 Å². The maximum Gasteiger partial charge on any atom is 0.132 e. The van der Waals surface area contributed by atoms with Gasteiger partial charge in [0.25, 0.3) is 0 Å². The standard InChI is InChI=1S/C23H33N5O2/c1-17-15-28(9-8-27(17)10-11-29-3)22-14-19(25-16-26-22)12-18-13-20(4-5-21(18)24)30-23(2)6-7-23/h4-5,13-14,16-17H,6-12,15,24H2,1-3H3/t17-/m1/s1. The van der Waals surface area contributed by atoms with Gasteiger partial charge in [-0.25, -0.2) is 9.97 Å². The van der Waals surface area contributed by atoms with E-state index < -0.39 is 0 Å². The zero-order chi connectivity index (χ0) is 21.1. The summed E-state index contributed by atoms with van der Waals surface area (Å²) in [6.45, 7) is 9.06. The highest BCUT2D eigenvalue weighted by atomic mass is 16.5. The average Bonchev–Trinajstić information content (AvgIpc) is 3.46. The summed E-state index contributed by atoms with van der Waals surface area (Å²) >= 11 is 0. The Balaban J connectivity index is 1.43. The number of methoxy groups -OCH3 is 1. The minimum absolute atomic E-state index is 0.00242. The number of anilines is 2. The van der Waals surface area contributed by atoms with Crippen molar-refractivity contribution in [2.45, 2.75) is 44.8 Å². The van der Waals surface area contributed by atoms with Gasteiger partial charge in [-0.2, -0.15) is 0 Å². The molecule has 4 rings (SSSR count). The SMILES string of the molecule is COCCN1CCN(c2cc(Cc3cc(OC4(C)CC4)ccc3N)ncn2)C[C@H]1C. The highest BCUT2D eigenvalue weighted by Crippen LogP contribution is 2.40. The van der Waals surface area contributed by atoms with Gasteiger partial charge in [0, 0.05) is 57.5 Å². The highest BCUT2D eigenvalue weighted by molar-refractivity contribution is 5.52. The van der Waals surface area contributed by atoms with E-state index >= 15 is 0 Å². The fourth-order valence-electron chi connectivity index (χ4n) is 3.96. The monoisotopic (exact) mass is 411 g/mol. The van der Waals surface area contributed by atoms with Crippen molar-refractivity contribution in [1.82, 2.24) is 14.9 Å². The molecule has 0 amide bonds. The minimum atomic E-state index is -0.00242. The van der Waals surface area contributed by atoms with E-state index in [0.29, 0.717) is 12.5 Å². The van der Waals surface area contributed by atoms with Gasteiger partial charge in [0.1, 0.15) is 23.5 Å². The van der Waals surface area contributed by atoms with Crippen molar-refractivity contribution < 1.29 is 9.47 Å². The Kier molecular flexibility index (Phi) is 6.11. The summed E-state index contributed by atoms with van der Waals surface area (Å²) in [6, 6.07) is 8.49. The molecule has 7 nitrogen and oxygen atoms in total. The van der Waals surface area contributed by atoms with E-state index in [1.807, 2.05) is 12.1 Å². The lowest BCUT2D eigenvalue weighted by atomic mass is 10.1. The summed E-state index contributed by atoms with van der Waals surface area (Å²) in [5.41, 5.74) is 9.02. The zero-order valence-corrected chi connectivity index (χ0v) is 18.3. The molecular formula is C23H33N5O2. The quantitative estimate of drug-likeness (QED) is 0.669. The number of nitrogen functional groups attached to an aromatic ring is 1. The van der Waals surface area contributed by atoms with E-state index in [1.165, 1.54) is 0 Å². The maximum absolute atomic E-state index is 6.25. The molecule has 1 aliphatic heterocycles. The largest absolute Gasteiger partial charge is 0.488 e. The summed E-state index contributed by atoms with van der Waals surface area (Å²) in [5.74, 6) is 1.86. The molecule has 30 heavy (non-hydrogen) atoms. The Bertz CT molecular complexity index is 870. The average molecular weight is 412 g/mol. The number of rotatable bonds is 8. The molecule has 2 aromatic rings. The van der Waals surface area contributed by atoms with Crippen LogP contribution in [0.1, 0.15) is 37.9 Å². The molecule has 2 N–H and O–H groups in total. The van der Waals surface area contributed by atoms with Crippen LogP contribution in [0.4, 0.5) is 11.5 Å². The number of nitrogens with zero attached hydrogens (tertiary/aromatic N) is 4. The molecule has 162 valence electrons. The number of benzene rings is 1. The van der Waals surface area contributed by atoms with Crippen LogP contribution in [0.5, 0.6) is 5.75 Å². The van der Waals surface area contributed by atoms with Crippen LogP contribution in [0.25, 0.3) is 0 Å². The number of nitrogens with two attached hydrogens (primary N) is 1. The van der Waals surface area contributed by atoms with E-state index in [4.69, 9.17) is 15.2 Å². The molecule has 2 heterocycles. The van der Waals surface area contributed by atoms with Crippen LogP contribution >= 0.6 is 0 Å². The first-order valence-corrected chi connectivity index (χ1v) is 10.8. The second kappa shape index (κ2) is 8.78. The Morgan fingerprint density at radius 1 is 1.20 bits per heavy atom. The van der Waals surface area contributed by atoms with Crippen molar-refractivity contribution in [2.24, 2.45) is 0 Å². The topological polar surface area (TPSA) is 76.7 Å². The first-order valence-electron chi connectivity index (χ1n) is 10.8. The summed E-state index contributed by atoms with van der Waals surface area (Å²) in [6.07, 6.45) is 4.55. The number of piperazine rings is 1. The first kappa shape index (κ1) is 20.9. The Morgan fingerprint density at radius 2 is 2.03 bits per heavy atom. The lowest BCUT2D eigenvalue weighted by Crippen LogP contribution is -2.53. The fourth-order valence-corrected chi connectivity index (χ4v) is 3.96. The van der Waals surface area contributed by atoms with Crippen molar-refractivity contribution in [3.8, 4) is 5.75 Å². The second-order valence-electron chi connectivity index (χ2n) is 8.78. The number of aromatic nitrogens is 2. The van der Waals surface area contributed by atoms with Crippen LogP contribution in [0.15, 0.2) is 30.6 Å². The molecule has 7 heteroatoms. The lowest BCUT2D eigenvalue weighted by Gasteiger charge is -2.40. The minimum Gasteiger partial charge on any atom is -0.488 e. The summed E-state index contributed by atoms with van der Waals surface area (Å²) in [7, 11) is 1.75. The molecule has 0 radical (unpaired) electrons. The number of hydrogen-bond acceptors (Lipinski definition) is 7. The van der Waals surface area contributed by atoms with E-state index in [1.54, 1.807) is 13.4 Å². The number of ether oxygens (including phenoxy) is 2. The summed E-state index contributed by atoms with van der Waals surface area (Å²) < 4.78 is 11.3. The summed E-state index contributed by atoms with van der Waals surface area (Å²) in [4.78, 5) is 13.8. The fraction of sp³-hybridized carbons (Fsp3) is 0.565. The Morgan fingerprint density at radius 3 is 2.77 bits per heavy atom. The van der Waals surface area contributed by atoms with Gasteiger partial charge < -0.3 is 20.1 Å². The molecule has 1 aromatic heterocycles. The van der Waals surface area contributed by atoms with E-state index in [2.05, 4.69) is 45.7 Å². The van der Waals surface area contributed by atoms with Gasteiger partial charge in [0.05, 0.1) is 12.3 Å². The molecule has 1 saturated heterocycles. The number of hydrogen-bond donors (Lipinski definition) is 1. The van der Waals surface area contributed by atoms with Crippen LogP contribution in [-0.2, 0) is 11.2 Å². The maximum atomic E-state index is 6.25. The molecule has 2 fully saturated rings. The molecule has 1 aliphatic carbocycles. The Hall–Kier alpha value is -2.38. The molecular weight excluding hydrogens is 378 g/mol. The molecule has 1 aromatic carbocycles. The van der Waals surface area contributed by atoms with Crippen molar-refractivity contribution >= 4 is 11.5 Å². The van der Waals surface area contributed by atoms with Gasteiger partial charge >= 0.3 is 0 Å². The van der Waals surface area contributed by atoms with Gasteiger partial charge in [0.15, 0.2) is 0 Å². The molecule has 0 spiro atoms. The van der Waals surface area contributed by atoms with Crippen LogP contribution in [-0.4, -0.2) is 66.4 Å². The van der Waals surface area contributed by atoms with Crippen LogP contribution in [0.3, 0.4) is 0 Å². The first-order chi connectivity index (χ1) is 14.5. The van der Waals surface area contributed by atoms with Crippen molar-refractivity contribution in [3.05, 3.63) is 41.9 Å². The molecule has 1 saturated carbocycles. The van der Waals surface area contributed by atoms with E-state index in [-0.39, 0.29) is 5.60 Å². The van der Waals surface area contributed by atoms with Crippen LogP contribution in [0.2, 0.25) is 0 Å². The predicted molar refractivity (Wildman–Crippen MR) is 119 cm³/mol. The summed E-state index contributed by atoms with van der Waals surface area (Å²) in [5, 5.41) is 0. The predicted octanol–water partition coefficient (Wildman–Crippen LogP) is 2.74. The lowest BCUT2D eigenvalue weighted by molar-refractivity contribution is 0.117. The third kappa shape index (κ3) is 5.02. The second-order valence-corrected chi connectivity index (χ2v) is 8.78. The van der Waals surface area contributed by atoms with Crippen LogP contribution in [0, 0.1) is 0 Å². The third-order valence-corrected chi connectivity index (χ3v) is 6.19.